The van der Waals surface area contributed by atoms with Gasteiger partial charge in [-0.15, -0.1) is 0 Å². The molecule has 0 aliphatic carbocycles. The molecule has 3 heteroatoms. The van der Waals surface area contributed by atoms with Crippen LogP contribution >= 0.6 is 15.9 Å². The van der Waals surface area contributed by atoms with Crippen molar-refractivity contribution in [2.45, 2.75) is 18.8 Å². The van der Waals surface area contributed by atoms with E-state index in [0.717, 1.165) is 0 Å². The highest BCUT2D eigenvalue weighted by atomic mass is 79.9. The molecule has 0 aromatic heterocycles. The van der Waals surface area contributed by atoms with Crippen molar-refractivity contribution < 1.29 is 22.9 Å². The molecule has 0 amide bonds. The third-order valence-electron chi connectivity index (χ3n) is 1.38. The lowest BCUT2D eigenvalue weighted by Crippen LogP contribution is -2.35. The summed E-state index contributed by atoms with van der Waals surface area (Å²) in [6.07, 6.45) is -11.3. The molecule has 14 heavy (non-hydrogen) atoms. The Morgan fingerprint density at radius 3 is 2.57 bits per heavy atom. The molecular weight excluding hydrogens is 242 g/mol. The van der Waals surface area contributed by atoms with Crippen molar-refractivity contribution in [2.24, 2.45) is 0 Å². The van der Waals surface area contributed by atoms with Crippen molar-refractivity contribution >= 4 is 21.6 Å². The molecule has 0 bridgehead atoms. The molecule has 2 rings (SSSR count). The van der Waals surface area contributed by atoms with Gasteiger partial charge >= 0.3 is 0 Å². The number of aliphatic hydroxyl groups is 1. The third kappa shape index (κ3) is 2.28. The van der Waals surface area contributed by atoms with Gasteiger partial charge in [0.25, 0.3) is 0 Å². The van der Waals surface area contributed by atoms with Crippen LogP contribution in [-0.4, -0.2) is 24.2 Å². The maximum Gasteiger partial charge on any atom is 0.0645 e. The summed E-state index contributed by atoms with van der Waals surface area (Å²) in [6.45, 7) is -7.26. The molecule has 1 aliphatic rings. The highest BCUT2D eigenvalue weighted by molar-refractivity contribution is 9.10. The predicted molar refractivity (Wildman–Crippen MR) is 61.6 cm³/mol. The first-order valence-corrected chi connectivity index (χ1v) is 4.38. The molecule has 1 saturated heterocycles. The molecule has 0 atom stereocenters. The van der Waals surface area contributed by atoms with Crippen molar-refractivity contribution in [1.82, 2.24) is 0 Å². The van der Waals surface area contributed by atoms with Crippen molar-refractivity contribution in [2.75, 3.05) is 17.9 Å². The molecule has 0 saturated carbocycles. The molecule has 0 spiro atoms. The van der Waals surface area contributed by atoms with E-state index in [1.807, 2.05) is 0 Å². The molecule has 1 aromatic carbocycles. The van der Waals surface area contributed by atoms with Gasteiger partial charge in [-0.05, 0) is 36.9 Å². The molecule has 1 aromatic rings. The van der Waals surface area contributed by atoms with Crippen LogP contribution < -0.4 is 4.90 Å². The zero-order valence-corrected chi connectivity index (χ0v) is 8.36. The molecule has 1 N–H and O–H groups in total. The van der Waals surface area contributed by atoms with E-state index in [1.165, 1.54) is 0 Å². The van der Waals surface area contributed by atoms with Crippen LogP contribution in [0.5, 0.6) is 0 Å². The summed E-state index contributed by atoms with van der Waals surface area (Å²) in [5.74, 6) is 0. The van der Waals surface area contributed by atoms with Crippen LogP contribution in [-0.2, 0) is 0 Å². The minimum absolute atomic E-state index is 0.198. The lowest BCUT2D eigenvalue weighted by molar-refractivity contribution is 0.145. The van der Waals surface area contributed by atoms with Crippen molar-refractivity contribution in [1.29, 1.82) is 0 Å². The second-order valence-corrected chi connectivity index (χ2v) is 3.11. The Hall–Kier alpha value is -0.540. The summed E-state index contributed by atoms with van der Waals surface area (Å²) in [7, 11) is 0. The van der Waals surface area contributed by atoms with Crippen LogP contribution in [0.15, 0.2) is 28.6 Å². The second-order valence-electron chi connectivity index (χ2n) is 2.32. The lowest BCUT2D eigenvalue weighted by atomic mass is 10.1. The van der Waals surface area contributed by atoms with Gasteiger partial charge < -0.3 is 10.0 Å². The van der Waals surface area contributed by atoms with Crippen LogP contribution in [0.25, 0.3) is 0 Å². The van der Waals surface area contributed by atoms with Gasteiger partial charge in [0, 0.05) is 34.1 Å². The Morgan fingerprint density at radius 1 is 1.43 bits per heavy atom. The van der Waals surface area contributed by atoms with E-state index >= 15 is 0 Å². The van der Waals surface area contributed by atoms with E-state index in [2.05, 4.69) is 15.9 Å². The zero-order chi connectivity index (χ0) is 21.5. The SMILES string of the molecule is [2H]c1c([2H])c(N2C([2H])([2H])C([2H])([2H])C([2H])(O)C([2H])([2H])C2([2H])[2H])c([2H])c([2H])c1Br. The summed E-state index contributed by atoms with van der Waals surface area (Å²) in [5, 5.41) is 10.1. The van der Waals surface area contributed by atoms with Gasteiger partial charge in [0.1, 0.15) is 0 Å². The number of halogens is 1. The minimum atomic E-state index is -3.88. The number of benzene rings is 1. The predicted octanol–water partition coefficient (Wildman–Crippen LogP) is 2.41. The number of rotatable bonds is 1. The van der Waals surface area contributed by atoms with Gasteiger partial charge in [-0.25, -0.2) is 0 Å². The molecule has 0 unspecified atom stereocenters. The summed E-state index contributed by atoms with van der Waals surface area (Å²) in [6, 6.07) is -3.33. The smallest absolute Gasteiger partial charge is 0.0645 e. The fraction of sp³-hybridized carbons (Fsp3) is 0.455. The lowest BCUT2D eigenvalue weighted by Gasteiger charge is -2.31. The highest BCUT2D eigenvalue weighted by Crippen LogP contribution is 2.21. The Kier molecular flexibility index (Phi) is 0.855. The second kappa shape index (κ2) is 4.32. The maximum atomic E-state index is 10.1. The van der Waals surface area contributed by atoms with Crippen molar-refractivity contribution in [3.63, 3.8) is 0 Å². The molecular formula is C11H14BrNO. The Bertz CT molecular complexity index is 749. The quantitative estimate of drug-likeness (QED) is 0.846. The van der Waals surface area contributed by atoms with E-state index in [4.69, 9.17) is 17.8 Å². The number of anilines is 1. The molecule has 1 fully saturated rings. The zero-order valence-electron chi connectivity index (χ0n) is 19.8. The van der Waals surface area contributed by atoms with E-state index in [-0.39, 0.29) is 9.37 Å². The summed E-state index contributed by atoms with van der Waals surface area (Å²) in [5.41, 5.74) is -1.04. The van der Waals surface area contributed by atoms with Crippen LogP contribution in [0.2, 0.25) is 0 Å². The van der Waals surface area contributed by atoms with Gasteiger partial charge in [0.2, 0.25) is 0 Å². The Labute approximate surface area is 111 Å². The van der Waals surface area contributed by atoms with Gasteiger partial charge in [-0.3, -0.25) is 0 Å². The number of hydrogen-bond acceptors (Lipinski definition) is 2. The molecule has 2 nitrogen and oxygen atoms in total. The molecule has 1 heterocycles. The average Bonchev–Trinajstić information content (AvgIpc) is 2.52. The number of nitrogens with zero attached hydrogens (tertiary/aromatic N) is 1. The first-order chi connectivity index (χ1) is 11.8. The van der Waals surface area contributed by atoms with Crippen molar-refractivity contribution in [3.8, 4) is 0 Å². The first-order valence-electron chi connectivity index (χ1n) is 10.1. The van der Waals surface area contributed by atoms with Gasteiger partial charge in [-0.1, -0.05) is 15.9 Å². The monoisotopic (exact) mass is 268 g/mol. The Morgan fingerprint density at radius 2 is 2.00 bits per heavy atom. The number of piperidine rings is 1. The normalized spacial score (nSPS) is 48.7. The highest BCUT2D eigenvalue weighted by Gasteiger charge is 2.16. The molecule has 1 aliphatic heterocycles. The average molecular weight is 269 g/mol. The van der Waals surface area contributed by atoms with Gasteiger partial charge in [0.15, 0.2) is 0 Å². The maximum absolute atomic E-state index is 10.1. The van der Waals surface area contributed by atoms with E-state index in [9.17, 15) is 5.11 Å². The molecule has 0 radical (unpaired) electrons. The fourth-order valence-corrected chi connectivity index (χ4v) is 0.989. The fourth-order valence-electron chi connectivity index (χ4n) is 0.791. The van der Waals surface area contributed by atoms with E-state index in [0.29, 0.717) is 0 Å². The van der Waals surface area contributed by atoms with E-state index < -0.39 is 61.7 Å². The van der Waals surface area contributed by atoms with Gasteiger partial charge in [0.05, 0.1) is 12.9 Å². The largest absolute Gasteiger partial charge is 0.393 e. The Balaban J connectivity index is 3.01. The number of hydrogen-bond donors (Lipinski definition) is 1. The van der Waals surface area contributed by atoms with Crippen LogP contribution in [0.3, 0.4) is 0 Å². The summed E-state index contributed by atoms with van der Waals surface area (Å²) < 4.78 is 102. The van der Waals surface area contributed by atoms with Crippen LogP contribution in [0, 0.1) is 0 Å². The topological polar surface area (TPSA) is 23.5 Å². The first kappa shape index (κ1) is 2.77. The standard InChI is InChI=1S/C11H14BrNO/c12-9-1-3-10(4-2-9)13-7-5-11(14)6-8-13/h1-4,11,14H,5-8H2/i1D,2D,3D,4D,5D2,6D2,7D2,8D2,11D. The van der Waals surface area contributed by atoms with E-state index in [1.54, 1.807) is 0 Å². The van der Waals surface area contributed by atoms with Crippen molar-refractivity contribution in [3.05, 3.63) is 28.6 Å². The third-order valence-corrected chi connectivity index (χ3v) is 1.77. The summed E-state index contributed by atoms with van der Waals surface area (Å²) >= 11 is 2.82. The minimum Gasteiger partial charge on any atom is -0.393 e. The summed E-state index contributed by atoms with van der Waals surface area (Å²) in [4.78, 5) is -0.198. The van der Waals surface area contributed by atoms with Crippen LogP contribution in [0.1, 0.15) is 30.6 Å². The molecule has 76 valence electrons. The van der Waals surface area contributed by atoms with Gasteiger partial charge in [-0.2, -0.15) is 0 Å². The van der Waals surface area contributed by atoms with Crippen LogP contribution in [0.4, 0.5) is 5.69 Å².